The van der Waals surface area contributed by atoms with Crippen molar-refractivity contribution in [3.63, 3.8) is 0 Å². The number of nitrogens with zero attached hydrogens (tertiary/aromatic N) is 4. The van der Waals surface area contributed by atoms with Crippen LogP contribution in [0.1, 0.15) is 29.5 Å². The highest BCUT2D eigenvalue weighted by molar-refractivity contribution is 5.80. The predicted molar refractivity (Wildman–Crippen MR) is 97.3 cm³/mol. The molecule has 0 bridgehead atoms. The Kier molecular flexibility index (Phi) is 4.73. The molecule has 26 heavy (non-hydrogen) atoms. The second-order valence-corrected chi connectivity index (χ2v) is 6.75. The van der Waals surface area contributed by atoms with E-state index >= 15 is 0 Å². The van der Waals surface area contributed by atoms with Crippen molar-refractivity contribution in [3.05, 3.63) is 78.1 Å². The number of rotatable bonds is 7. The maximum atomic E-state index is 12.8. The summed E-state index contributed by atoms with van der Waals surface area (Å²) in [7, 11) is 0. The molecule has 3 atom stereocenters. The van der Waals surface area contributed by atoms with E-state index < -0.39 is 6.04 Å². The summed E-state index contributed by atoms with van der Waals surface area (Å²) in [4.78, 5) is 12.8. The van der Waals surface area contributed by atoms with Gasteiger partial charge in [-0.05, 0) is 39.8 Å². The van der Waals surface area contributed by atoms with Gasteiger partial charge in [0.25, 0.3) is 0 Å². The number of hydrogen-bond acceptors (Lipinski definition) is 4. The van der Waals surface area contributed by atoms with E-state index in [0.717, 1.165) is 12.0 Å². The van der Waals surface area contributed by atoms with E-state index in [1.165, 1.54) is 16.6 Å². The second-order valence-electron chi connectivity index (χ2n) is 6.75. The van der Waals surface area contributed by atoms with E-state index in [-0.39, 0.29) is 5.91 Å². The average molecular weight is 347 g/mol. The number of nitrogens with one attached hydrogen (secondary N) is 1. The number of tetrazole rings is 1. The fraction of sp³-hybridized carbons (Fsp3) is 0.300. The van der Waals surface area contributed by atoms with Crippen molar-refractivity contribution in [3.8, 4) is 0 Å². The van der Waals surface area contributed by atoms with Crippen molar-refractivity contribution < 1.29 is 4.79 Å². The summed E-state index contributed by atoms with van der Waals surface area (Å²) in [6.45, 7) is 0.686. The van der Waals surface area contributed by atoms with Crippen molar-refractivity contribution in [1.82, 2.24) is 25.5 Å². The van der Waals surface area contributed by atoms with Gasteiger partial charge < -0.3 is 5.32 Å². The maximum Gasteiger partial charge on any atom is 0.245 e. The monoisotopic (exact) mass is 347 g/mol. The summed E-state index contributed by atoms with van der Waals surface area (Å²) in [5.74, 6) is 1.02. The highest BCUT2D eigenvalue weighted by Crippen LogP contribution is 2.46. The van der Waals surface area contributed by atoms with E-state index in [0.29, 0.717) is 24.8 Å². The molecule has 6 nitrogen and oxygen atoms in total. The van der Waals surface area contributed by atoms with Crippen LogP contribution in [0.25, 0.3) is 0 Å². The Morgan fingerprint density at radius 3 is 2.54 bits per heavy atom. The van der Waals surface area contributed by atoms with Crippen LogP contribution in [0, 0.1) is 5.92 Å². The Bertz CT molecular complexity index is 835. The van der Waals surface area contributed by atoms with Crippen LogP contribution in [-0.2, 0) is 11.2 Å². The zero-order chi connectivity index (χ0) is 17.8. The van der Waals surface area contributed by atoms with Crippen molar-refractivity contribution in [2.75, 3.05) is 6.54 Å². The maximum absolute atomic E-state index is 12.8. The number of benzene rings is 2. The first-order valence-corrected chi connectivity index (χ1v) is 8.90. The minimum atomic E-state index is -0.443. The molecule has 2 aromatic carbocycles. The van der Waals surface area contributed by atoms with Gasteiger partial charge in [-0.2, -0.15) is 0 Å². The molecule has 1 saturated carbocycles. The lowest BCUT2D eigenvalue weighted by Gasteiger charge is -2.16. The highest BCUT2D eigenvalue weighted by Gasteiger charge is 2.38. The molecule has 0 spiro atoms. The molecule has 4 rings (SSSR count). The third kappa shape index (κ3) is 3.79. The van der Waals surface area contributed by atoms with Gasteiger partial charge in [-0.3, -0.25) is 4.79 Å². The van der Waals surface area contributed by atoms with E-state index in [1.54, 1.807) is 0 Å². The van der Waals surface area contributed by atoms with Crippen LogP contribution in [0.3, 0.4) is 0 Å². The lowest BCUT2D eigenvalue weighted by molar-refractivity contribution is -0.124. The molecule has 1 aliphatic rings. The topological polar surface area (TPSA) is 72.7 Å². The molecule has 1 aromatic heterocycles. The highest BCUT2D eigenvalue weighted by atomic mass is 16.2. The van der Waals surface area contributed by atoms with Gasteiger partial charge in [0.2, 0.25) is 5.91 Å². The molecule has 0 saturated heterocycles. The van der Waals surface area contributed by atoms with Crippen LogP contribution in [0.4, 0.5) is 0 Å². The fourth-order valence-corrected chi connectivity index (χ4v) is 3.39. The van der Waals surface area contributed by atoms with Crippen LogP contribution in [0.15, 0.2) is 67.0 Å². The molecule has 1 aliphatic carbocycles. The lowest BCUT2D eigenvalue weighted by atomic mass is 10.1. The summed E-state index contributed by atoms with van der Waals surface area (Å²) in [6.07, 6.45) is 3.18. The summed E-state index contributed by atoms with van der Waals surface area (Å²) >= 11 is 0. The van der Waals surface area contributed by atoms with Crippen LogP contribution in [-0.4, -0.2) is 32.7 Å². The predicted octanol–water partition coefficient (Wildman–Crippen LogP) is 2.38. The van der Waals surface area contributed by atoms with Crippen molar-refractivity contribution >= 4 is 5.91 Å². The van der Waals surface area contributed by atoms with Gasteiger partial charge in [0.05, 0.1) is 0 Å². The smallest absolute Gasteiger partial charge is 0.245 e. The molecule has 0 aliphatic heterocycles. The van der Waals surface area contributed by atoms with E-state index in [2.05, 4.69) is 45.1 Å². The Morgan fingerprint density at radius 1 is 1.12 bits per heavy atom. The number of hydrogen-bond donors (Lipinski definition) is 1. The molecule has 0 radical (unpaired) electrons. The zero-order valence-electron chi connectivity index (χ0n) is 14.4. The van der Waals surface area contributed by atoms with Gasteiger partial charge in [0.15, 0.2) is 0 Å². The standard InChI is InChI=1S/C20H21N5O/c26-20(21-13-17-12-18(17)16-9-5-2-6-10-16)19(25-14-22-23-24-25)11-15-7-3-1-4-8-15/h1-10,14,17-19H,11-13H2,(H,21,26). The van der Waals surface area contributed by atoms with Crippen LogP contribution in [0.5, 0.6) is 0 Å². The van der Waals surface area contributed by atoms with Gasteiger partial charge >= 0.3 is 0 Å². The first kappa shape index (κ1) is 16.4. The third-order valence-corrected chi connectivity index (χ3v) is 4.95. The summed E-state index contributed by atoms with van der Waals surface area (Å²) < 4.78 is 1.53. The van der Waals surface area contributed by atoms with Crippen LogP contribution in [0.2, 0.25) is 0 Å². The fourth-order valence-electron chi connectivity index (χ4n) is 3.39. The molecule has 3 unspecified atom stereocenters. The summed E-state index contributed by atoms with van der Waals surface area (Å²) in [5, 5.41) is 14.4. The van der Waals surface area contributed by atoms with Crippen molar-refractivity contribution in [2.45, 2.75) is 24.8 Å². The Balaban J connectivity index is 1.38. The first-order valence-electron chi connectivity index (χ1n) is 8.90. The van der Waals surface area contributed by atoms with Gasteiger partial charge in [0, 0.05) is 13.0 Å². The number of carbonyl (C=O) groups is 1. The average Bonchev–Trinajstić information content (AvgIpc) is 3.27. The Hall–Kier alpha value is -3.02. The van der Waals surface area contributed by atoms with Gasteiger partial charge in [-0.1, -0.05) is 60.7 Å². The Morgan fingerprint density at radius 2 is 1.85 bits per heavy atom. The van der Waals surface area contributed by atoms with E-state index in [9.17, 15) is 4.79 Å². The molecule has 6 heteroatoms. The Labute approximate surface area is 152 Å². The van der Waals surface area contributed by atoms with E-state index in [4.69, 9.17) is 0 Å². The zero-order valence-corrected chi connectivity index (χ0v) is 14.4. The number of aromatic nitrogens is 4. The molecular weight excluding hydrogens is 326 g/mol. The lowest BCUT2D eigenvalue weighted by Crippen LogP contribution is -2.35. The molecule has 3 aromatic rings. The molecule has 1 heterocycles. The SMILES string of the molecule is O=C(NCC1CC1c1ccccc1)C(Cc1ccccc1)n1cnnn1. The van der Waals surface area contributed by atoms with Crippen LogP contribution < -0.4 is 5.32 Å². The summed E-state index contributed by atoms with van der Waals surface area (Å²) in [6, 6.07) is 20.0. The largest absolute Gasteiger partial charge is 0.354 e. The first-order chi connectivity index (χ1) is 12.8. The molecular formula is C20H21N5O. The van der Waals surface area contributed by atoms with Gasteiger partial charge in [-0.15, -0.1) is 5.10 Å². The third-order valence-electron chi connectivity index (χ3n) is 4.95. The van der Waals surface area contributed by atoms with Crippen molar-refractivity contribution in [2.24, 2.45) is 5.92 Å². The normalized spacial score (nSPS) is 19.7. The van der Waals surface area contributed by atoms with Crippen LogP contribution >= 0.6 is 0 Å². The summed E-state index contributed by atoms with van der Waals surface area (Å²) in [5.41, 5.74) is 2.43. The second kappa shape index (κ2) is 7.47. The molecule has 1 fully saturated rings. The minimum absolute atomic E-state index is 0.0418. The van der Waals surface area contributed by atoms with Gasteiger partial charge in [0.1, 0.15) is 12.4 Å². The van der Waals surface area contributed by atoms with Crippen molar-refractivity contribution in [1.29, 1.82) is 0 Å². The number of carbonyl (C=O) groups excluding carboxylic acids is 1. The number of amides is 1. The van der Waals surface area contributed by atoms with Gasteiger partial charge in [-0.25, -0.2) is 4.68 Å². The van der Waals surface area contributed by atoms with E-state index in [1.807, 2.05) is 36.4 Å². The minimum Gasteiger partial charge on any atom is -0.354 e. The molecule has 132 valence electrons. The quantitative estimate of drug-likeness (QED) is 0.712. The molecule has 1 N–H and O–H groups in total. The molecule has 1 amide bonds.